The molecule has 0 unspecified atom stereocenters. The molecule has 0 spiro atoms. The Balaban J connectivity index is 3.62. The molecule has 0 aliphatic carbocycles. The molecule has 10 heavy (non-hydrogen) atoms. The molecule has 0 saturated carbocycles. The van der Waals surface area contributed by atoms with E-state index in [4.69, 9.17) is 0 Å². The van der Waals surface area contributed by atoms with Crippen LogP contribution in [0.1, 0.15) is 26.2 Å². The Labute approximate surface area is 64.0 Å². The van der Waals surface area contributed by atoms with Crippen LogP contribution in [0, 0.1) is 0 Å². The first-order chi connectivity index (χ1) is 4.72. The van der Waals surface area contributed by atoms with Gasteiger partial charge in [0, 0.05) is 0 Å². The van der Waals surface area contributed by atoms with Gasteiger partial charge in [0.05, 0.1) is 0 Å². The fourth-order valence-corrected chi connectivity index (χ4v) is 0.695. The summed E-state index contributed by atoms with van der Waals surface area (Å²) in [5.41, 5.74) is 2.10. The minimum atomic E-state index is 0.980. The van der Waals surface area contributed by atoms with Crippen LogP contribution in [0.3, 0.4) is 0 Å². The van der Waals surface area contributed by atoms with E-state index in [1.807, 2.05) is 0 Å². The van der Waals surface area contributed by atoms with E-state index in [9.17, 15) is 0 Å². The average molecular weight is 136 g/mol. The molecule has 0 rings (SSSR count). The fourth-order valence-electron chi connectivity index (χ4n) is 0.695. The summed E-state index contributed by atoms with van der Waals surface area (Å²) in [6, 6.07) is 0. The molecule has 0 saturated heterocycles. The Bertz CT molecular complexity index is 140. The number of allylic oxidation sites excluding steroid dienone is 3. The molecule has 0 aliphatic heterocycles. The third kappa shape index (κ3) is 3.29. The van der Waals surface area contributed by atoms with Gasteiger partial charge in [0.25, 0.3) is 0 Å². The van der Waals surface area contributed by atoms with Gasteiger partial charge >= 0.3 is 0 Å². The van der Waals surface area contributed by atoms with Crippen molar-refractivity contribution in [3.05, 3.63) is 37.0 Å². The highest BCUT2D eigenvalue weighted by atomic mass is 14.0. The molecule has 0 radical (unpaired) electrons. The van der Waals surface area contributed by atoms with Crippen molar-refractivity contribution >= 4 is 0 Å². The Morgan fingerprint density at radius 1 is 1.40 bits per heavy atom. The van der Waals surface area contributed by atoms with Crippen LogP contribution in [-0.4, -0.2) is 0 Å². The molecular formula is C10H16. The average Bonchev–Trinajstić information content (AvgIpc) is 1.98. The Morgan fingerprint density at radius 3 is 2.40 bits per heavy atom. The molecule has 56 valence electrons. The summed E-state index contributed by atoms with van der Waals surface area (Å²) in [5, 5.41) is 0. The minimum absolute atomic E-state index is 0.980. The van der Waals surface area contributed by atoms with Crippen LogP contribution in [0.15, 0.2) is 37.0 Å². The summed E-state index contributed by atoms with van der Waals surface area (Å²) in [7, 11) is 0. The molecule has 0 fully saturated rings. The second-order valence-electron chi connectivity index (χ2n) is 2.44. The summed E-state index contributed by atoms with van der Waals surface area (Å²) in [6.45, 7) is 13.5. The van der Waals surface area contributed by atoms with Gasteiger partial charge in [-0.3, -0.25) is 0 Å². The van der Waals surface area contributed by atoms with Crippen LogP contribution in [0.2, 0.25) is 0 Å². The van der Waals surface area contributed by atoms with Crippen LogP contribution in [0.5, 0.6) is 0 Å². The van der Waals surface area contributed by atoms with Gasteiger partial charge in [-0.2, -0.15) is 0 Å². The zero-order valence-electron chi connectivity index (χ0n) is 6.82. The van der Waals surface area contributed by atoms with Gasteiger partial charge < -0.3 is 0 Å². The predicted molar refractivity (Wildman–Crippen MR) is 48.0 cm³/mol. The number of hydrogen-bond donors (Lipinski definition) is 0. The molecule has 0 aromatic rings. The second-order valence-corrected chi connectivity index (χ2v) is 2.44. The molecule has 0 nitrogen and oxygen atoms in total. The molecule has 0 aliphatic rings. The molecule has 0 N–H and O–H groups in total. The van der Waals surface area contributed by atoms with Crippen molar-refractivity contribution in [1.29, 1.82) is 0 Å². The number of rotatable bonds is 5. The van der Waals surface area contributed by atoms with Gasteiger partial charge in [-0.25, -0.2) is 0 Å². The largest absolute Gasteiger partial charge is 0.0985 e. The van der Waals surface area contributed by atoms with E-state index in [1.165, 1.54) is 12.8 Å². The Morgan fingerprint density at radius 2 is 2.00 bits per heavy atom. The third-order valence-electron chi connectivity index (χ3n) is 1.53. The molecule has 0 aromatic heterocycles. The molecule has 0 atom stereocenters. The van der Waals surface area contributed by atoms with Crippen molar-refractivity contribution in [3.63, 3.8) is 0 Å². The molecule has 0 aromatic carbocycles. The molecule has 0 heterocycles. The Hall–Kier alpha value is -0.780. The van der Waals surface area contributed by atoms with Crippen LogP contribution in [0.25, 0.3) is 0 Å². The van der Waals surface area contributed by atoms with E-state index in [-0.39, 0.29) is 0 Å². The summed E-state index contributed by atoms with van der Waals surface area (Å²) in [4.78, 5) is 0. The zero-order chi connectivity index (χ0) is 7.98. The molecule has 0 amide bonds. The van der Waals surface area contributed by atoms with Crippen molar-refractivity contribution in [2.75, 3.05) is 0 Å². The summed E-state index contributed by atoms with van der Waals surface area (Å²) < 4.78 is 0. The van der Waals surface area contributed by atoms with E-state index in [0.29, 0.717) is 0 Å². The SMILES string of the molecule is C=CC(=C)C(=C)CCCC. The van der Waals surface area contributed by atoms with E-state index in [1.54, 1.807) is 6.08 Å². The summed E-state index contributed by atoms with van der Waals surface area (Å²) in [5.74, 6) is 0. The van der Waals surface area contributed by atoms with Crippen LogP contribution in [0.4, 0.5) is 0 Å². The fraction of sp³-hybridized carbons (Fsp3) is 0.400. The van der Waals surface area contributed by atoms with Crippen molar-refractivity contribution < 1.29 is 0 Å². The van der Waals surface area contributed by atoms with Gasteiger partial charge in [-0.15, -0.1) is 0 Å². The van der Waals surface area contributed by atoms with Crippen LogP contribution in [-0.2, 0) is 0 Å². The standard InChI is InChI=1S/C10H16/c1-5-7-8-10(4)9(3)6-2/h6H,2-5,7-8H2,1H3. The minimum Gasteiger partial charge on any atom is -0.0985 e. The monoisotopic (exact) mass is 136 g/mol. The van der Waals surface area contributed by atoms with E-state index >= 15 is 0 Å². The van der Waals surface area contributed by atoms with Crippen molar-refractivity contribution in [2.45, 2.75) is 26.2 Å². The highest BCUT2D eigenvalue weighted by Crippen LogP contribution is 2.13. The van der Waals surface area contributed by atoms with Crippen LogP contribution < -0.4 is 0 Å². The van der Waals surface area contributed by atoms with Gasteiger partial charge in [-0.05, 0) is 24.0 Å². The van der Waals surface area contributed by atoms with Crippen molar-refractivity contribution in [3.8, 4) is 0 Å². The first-order valence-electron chi connectivity index (χ1n) is 3.71. The maximum Gasteiger partial charge on any atom is -0.0279 e. The lowest BCUT2D eigenvalue weighted by Crippen LogP contribution is -1.82. The summed E-state index contributed by atoms with van der Waals surface area (Å²) in [6.07, 6.45) is 5.23. The molecule has 0 bridgehead atoms. The lowest BCUT2D eigenvalue weighted by atomic mass is 10.0. The highest BCUT2D eigenvalue weighted by Gasteiger charge is 1.93. The molecular weight excluding hydrogens is 120 g/mol. The first kappa shape index (κ1) is 9.22. The lowest BCUT2D eigenvalue weighted by molar-refractivity contribution is 0.796. The Kier molecular flexibility index (Phi) is 4.65. The molecule has 0 heteroatoms. The number of hydrogen-bond acceptors (Lipinski definition) is 0. The van der Waals surface area contributed by atoms with E-state index in [2.05, 4.69) is 26.7 Å². The topological polar surface area (TPSA) is 0 Å². The summed E-state index contributed by atoms with van der Waals surface area (Å²) >= 11 is 0. The van der Waals surface area contributed by atoms with Gasteiger partial charge in [0.15, 0.2) is 0 Å². The van der Waals surface area contributed by atoms with E-state index < -0.39 is 0 Å². The first-order valence-corrected chi connectivity index (χ1v) is 3.71. The van der Waals surface area contributed by atoms with Gasteiger partial charge in [0.1, 0.15) is 0 Å². The van der Waals surface area contributed by atoms with Crippen LogP contribution >= 0.6 is 0 Å². The smallest absolute Gasteiger partial charge is 0.0279 e. The van der Waals surface area contributed by atoms with Crippen molar-refractivity contribution in [2.24, 2.45) is 0 Å². The van der Waals surface area contributed by atoms with Gasteiger partial charge in [0.2, 0.25) is 0 Å². The number of unbranched alkanes of at least 4 members (excludes halogenated alkanes) is 1. The normalized spacial score (nSPS) is 8.90. The maximum atomic E-state index is 3.89. The predicted octanol–water partition coefficient (Wildman–Crippen LogP) is 3.48. The quantitative estimate of drug-likeness (QED) is 0.508. The second kappa shape index (κ2) is 5.04. The lowest BCUT2D eigenvalue weighted by Gasteiger charge is -2.02. The highest BCUT2D eigenvalue weighted by molar-refractivity contribution is 5.33. The maximum absolute atomic E-state index is 3.89. The van der Waals surface area contributed by atoms with E-state index in [0.717, 1.165) is 17.6 Å². The van der Waals surface area contributed by atoms with Crippen molar-refractivity contribution in [1.82, 2.24) is 0 Å². The third-order valence-corrected chi connectivity index (χ3v) is 1.53. The zero-order valence-corrected chi connectivity index (χ0v) is 6.82. The van der Waals surface area contributed by atoms with Gasteiger partial charge in [-0.1, -0.05) is 39.2 Å².